The zero-order valence-corrected chi connectivity index (χ0v) is 42.6. The van der Waals surface area contributed by atoms with Crippen molar-refractivity contribution in [1.82, 2.24) is 24.9 Å². The number of halogens is 3. The van der Waals surface area contributed by atoms with E-state index in [1.165, 1.54) is 7.05 Å². The molecule has 0 aliphatic carbocycles. The first-order valence-corrected chi connectivity index (χ1v) is 26.7. The predicted molar refractivity (Wildman–Crippen MR) is 285 cm³/mol. The van der Waals surface area contributed by atoms with Crippen LogP contribution in [0.1, 0.15) is 11.1 Å². The molecule has 0 saturated heterocycles. The lowest BCUT2D eigenvalue weighted by Gasteiger charge is -2.10. The monoisotopic (exact) mass is 1050 g/mol. The fourth-order valence-electron chi connectivity index (χ4n) is 8.21. The van der Waals surface area contributed by atoms with Crippen LogP contribution in [0.5, 0.6) is 11.5 Å². The molecule has 12 nitrogen and oxygen atoms in total. The Bertz CT molecular complexity index is 3690. The summed E-state index contributed by atoms with van der Waals surface area (Å²) in [5.74, 6) is 1.42. The summed E-state index contributed by atoms with van der Waals surface area (Å²) in [5, 5.41) is 17.6. The minimum atomic E-state index is -3.94. The molecule has 2 heterocycles. The molecule has 0 saturated carbocycles. The van der Waals surface area contributed by atoms with E-state index < -0.39 is 19.7 Å². The first-order chi connectivity index (χ1) is 34.5. The maximum absolute atomic E-state index is 14.0. The third-order valence-electron chi connectivity index (χ3n) is 11.4. The number of ether oxygens (including phenoxy) is 2. The maximum atomic E-state index is 14.0. The average molecular weight is 1050 g/mol. The van der Waals surface area contributed by atoms with Crippen LogP contribution in [0.2, 0.25) is 10.0 Å². The lowest BCUT2D eigenvalue weighted by Crippen LogP contribution is -2.16. The van der Waals surface area contributed by atoms with Crippen molar-refractivity contribution in [2.45, 2.75) is 32.9 Å². The smallest absolute Gasteiger partial charge is 0.226 e. The quantitative estimate of drug-likeness (QED) is 0.0747. The number of fused-ring (bicyclic) bond motifs is 4. The maximum Gasteiger partial charge on any atom is 0.226 e. The van der Waals surface area contributed by atoms with Gasteiger partial charge in [-0.3, -0.25) is 9.36 Å². The van der Waals surface area contributed by atoms with Crippen molar-refractivity contribution in [3.63, 3.8) is 0 Å². The highest BCUT2D eigenvalue weighted by Gasteiger charge is 2.30. The van der Waals surface area contributed by atoms with Gasteiger partial charge in [0.1, 0.15) is 35.7 Å². The molecule has 0 spiro atoms. The van der Waals surface area contributed by atoms with E-state index in [0.29, 0.717) is 86.2 Å². The number of hydrogen-bond acceptors (Lipinski definition) is 10. The summed E-state index contributed by atoms with van der Waals surface area (Å²) < 4.78 is 71.1. The summed E-state index contributed by atoms with van der Waals surface area (Å²) in [6, 6.07) is 50.9. The Hall–Kier alpha value is -6.49. The summed E-state index contributed by atoms with van der Waals surface area (Å²) in [4.78, 5) is 0.450. The van der Waals surface area contributed by atoms with E-state index in [9.17, 15) is 16.8 Å². The summed E-state index contributed by atoms with van der Waals surface area (Å²) >= 11 is 17.9. The van der Waals surface area contributed by atoms with E-state index in [-0.39, 0.29) is 26.4 Å². The lowest BCUT2D eigenvalue weighted by atomic mass is 10.1. The van der Waals surface area contributed by atoms with Crippen molar-refractivity contribution >= 4 is 97.8 Å². The number of alkyl halides is 1. The third kappa shape index (κ3) is 10.9. The molecule has 71 heavy (non-hydrogen) atoms. The highest BCUT2D eigenvalue weighted by atomic mass is 35.5. The second kappa shape index (κ2) is 22.7. The SMILES string of the molecule is CN.CNCCOc1cccc2c(S(=O)(=O)c3cccc4ccccc34)nn(Cc3ccc(Cl)cc3)c12.O=S(=O)(c1cccc2ccccc12)c1nn(Cc2ccc(Cl)cc2)c2c(OCCCl)cccc12. The van der Waals surface area contributed by atoms with Crippen LogP contribution in [0, 0.1) is 0 Å². The van der Waals surface area contributed by atoms with Gasteiger partial charge in [-0.2, -0.15) is 10.2 Å². The number of nitrogens with zero attached hydrogens (tertiary/aromatic N) is 4. The van der Waals surface area contributed by atoms with Crippen LogP contribution in [-0.2, 0) is 32.8 Å². The van der Waals surface area contributed by atoms with Crippen molar-refractivity contribution in [3.8, 4) is 11.5 Å². The molecule has 8 aromatic carbocycles. The molecule has 10 rings (SSSR count). The molecule has 0 aliphatic rings. The van der Waals surface area contributed by atoms with Gasteiger partial charge in [0.25, 0.3) is 0 Å². The molecule has 0 amide bonds. The Balaban J connectivity index is 0.000000184. The minimum absolute atomic E-state index is 0.0101. The Kier molecular flexibility index (Phi) is 16.3. The van der Waals surface area contributed by atoms with Crippen molar-refractivity contribution < 1.29 is 26.3 Å². The van der Waals surface area contributed by atoms with Gasteiger partial charge in [0, 0.05) is 38.1 Å². The predicted octanol–water partition coefficient (Wildman–Crippen LogP) is 11.2. The summed E-state index contributed by atoms with van der Waals surface area (Å²) in [6.07, 6.45) is 0. The zero-order valence-electron chi connectivity index (χ0n) is 38.7. The number of rotatable bonds is 15. The number of nitrogens with one attached hydrogen (secondary N) is 1. The summed E-state index contributed by atoms with van der Waals surface area (Å²) in [5.41, 5.74) is 7.60. The molecule has 0 bridgehead atoms. The largest absolute Gasteiger partial charge is 0.490 e. The highest BCUT2D eigenvalue weighted by Crippen LogP contribution is 2.38. The summed E-state index contributed by atoms with van der Waals surface area (Å²) in [7, 11) is -4.52. The number of para-hydroxylation sites is 2. The normalized spacial score (nSPS) is 11.6. The van der Waals surface area contributed by atoms with E-state index in [0.717, 1.165) is 21.9 Å². The minimum Gasteiger partial charge on any atom is -0.490 e. The van der Waals surface area contributed by atoms with Gasteiger partial charge in [0.2, 0.25) is 19.7 Å². The van der Waals surface area contributed by atoms with Crippen LogP contribution in [0.3, 0.4) is 0 Å². The van der Waals surface area contributed by atoms with E-state index in [2.05, 4.69) is 21.2 Å². The molecule has 0 atom stereocenters. The van der Waals surface area contributed by atoms with Crippen LogP contribution >= 0.6 is 34.8 Å². The molecule has 2 aromatic heterocycles. The van der Waals surface area contributed by atoms with E-state index >= 15 is 0 Å². The van der Waals surface area contributed by atoms with Crippen molar-refractivity contribution in [2.75, 3.05) is 39.7 Å². The molecule has 17 heteroatoms. The average Bonchev–Trinajstić information content (AvgIpc) is 3.97. The number of sulfone groups is 2. The van der Waals surface area contributed by atoms with Crippen molar-refractivity contribution in [3.05, 3.63) is 191 Å². The number of benzene rings is 8. The third-order valence-corrected chi connectivity index (χ3v) is 15.6. The zero-order chi connectivity index (χ0) is 50.1. The van der Waals surface area contributed by atoms with Crippen LogP contribution in [-0.4, -0.2) is 76.1 Å². The highest BCUT2D eigenvalue weighted by molar-refractivity contribution is 7.92. The molecule has 0 fully saturated rings. The van der Waals surface area contributed by atoms with Gasteiger partial charge in [-0.15, -0.1) is 11.6 Å². The van der Waals surface area contributed by atoms with Gasteiger partial charge in [-0.25, -0.2) is 16.8 Å². The van der Waals surface area contributed by atoms with Crippen LogP contribution in [0.4, 0.5) is 0 Å². The molecule has 3 N–H and O–H groups in total. The van der Waals surface area contributed by atoms with Gasteiger partial charge in [-0.1, -0.05) is 132 Å². The summed E-state index contributed by atoms with van der Waals surface area (Å²) in [6.45, 7) is 2.10. The van der Waals surface area contributed by atoms with E-state index in [1.54, 1.807) is 88.2 Å². The van der Waals surface area contributed by atoms with Crippen LogP contribution in [0.15, 0.2) is 190 Å². The van der Waals surface area contributed by atoms with E-state index in [1.807, 2.05) is 98.0 Å². The van der Waals surface area contributed by atoms with Gasteiger partial charge in [-0.05, 0) is 96.7 Å². The van der Waals surface area contributed by atoms with Crippen LogP contribution in [0.25, 0.3) is 43.4 Å². The lowest BCUT2D eigenvalue weighted by molar-refractivity contribution is 0.320. The van der Waals surface area contributed by atoms with Gasteiger partial charge in [0.15, 0.2) is 10.1 Å². The van der Waals surface area contributed by atoms with Gasteiger partial charge >= 0.3 is 0 Å². The van der Waals surface area contributed by atoms with Gasteiger partial charge < -0.3 is 20.5 Å². The Morgan fingerprint density at radius 2 is 0.887 bits per heavy atom. The number of likely N-dealkylation sites (N-methyl/N-ethyl adjacent to an activating group) is 1. The second-order valence-corrected chi connectivity index (χ2v) is 20.9. The fourth-order valence-corrected chi connectivity index (χ4v) is 11.7. The molecular weight excluding hydrogens is 999 g/mol. The first-order valence-electron chi connectivity index (χ1n) is 22.5. The number of hydrogen-bond donors (Lipinski definition) is 2. The van der Waals surface area contributed by atoms with Crippen LogP contribution < -0.4 is 20.5 Å². The first kappa shape index (κ1) is 50.9. The second-order valence-electron chi connectivity index (χ2n) is 15.9. The van der Waals surface area contributed by atoms with Crippen molar-refractivity contribution in [2.24, 2.45) is 5.73 Å². The molecular formula is C54H49Cl3N6O6S2. The Labute approximate surface area is 427 Å². The fraction of sp³-hybridized carbons (Fsp3) is 0.148. The molecule has 364 valence electrons. The standard InChI is InChI=1S/C27H24ClN3O3S.C26H20Cl2N2O3S.CH5N/c1-29-16-17-34-24-10-5-9-23-26(24)31(18-19-12-14-21(28)15-13-19)30-27(23)35(32,33)25-11-4-7-20-6-2-3-8-22(20)25;27-15-16-33-23-9-4-8-22-25(23)30(17-18-11-13-20(28)14-12-18)29-26(22)34(31,32)24-10-3-6-19-5-1-2-7-21(19)24;1-2/h2-15,29H,16-18H2,1H3;1-14H,15-17H2;2H2,1H3. The van der Waals surface area contributed by atoms with E-state index in [4.69, 9.17) is 44.3 Å². The number of aromatic nitrogens is 4. The molecule has 0 aliphatic heterocycles. The molecule has 0 radical (unpaired) electrons. The number of nitrogens with two attached hydrogens (primary N) is 1. The Morgan fingerprint density at radius 3 is 1.31 bits per heavy atom. The topological polar surface area (TPSA) is 160 Å². The van der Waals surface area contributed by atoms with Crippen molar-refractivity contribution in [1.29, 1.82) is 0 Å². The van der Waals surface area contributed by atoms with Gasteiger partial charge in [0.05, 0.1) is 28.8 Å². The molecule has 10 aromatic rings. The Morgan fingerprint density at radius 1 is 0.507 bits per heavy atom. The molecule has 0 unspecified atom stereocenters.